The van der Waals surface area contributed by atoms with E-state index in [0.717, 1.165) is 17.0 Å². The van der Waals surface area contributed by atoms with E-state index in [1.807, 2.05) is 53.9 Å². The molecule has 2 aromatic heterocycles. The number of ether oxygens (including phenoxy) is 2. The van der Waals surface area contributed by atoms with Crippen LogP contribution in [0.15, 0.2) is 42.6 Å². The molecule has 0 unspecified atom stereocenters. The summed E-state index contributed by atoms with van der Waals surface area (Å²) in [7, 11) is 1.62. The Morgan fingerprint density at radius 2 is 2.10 bits per heavy atom. The number of nitrogen functional groups attached to an aromatic ring is 1. The number of fused-ring (bicyclic) bond motifs is 1. The lowest BCUT2D eigenvalue weighted by atomic mass is 10.1. The highest BCUT2D eigenvalue weighted by Crippen LogP contribution is 2.31. The number of hydrogen-bond acceptors (Lipinski definition) is 4. The highest BCUT2D eigenvalue weighted by atomic mass is 16.5. The first-order valence-corrected chi connectivity index (χ1v) is 6.78. The molecule has 2 heterocycles. The highest BCUT2D eigenvalue weighted by molar-refractivity contribution is 5.77. The van der Waals surface area contributed by atoms with Gasteiger partial charge in [0.15, 0.2) is 11.4 Å². The average Bonchev–Trinajstić information content (AvgIpc) is 2.85. The van der Waals surface area contributed by atoms with Crippen molar-refractivity contribution in [2.45, 2.75) is 6.92 Å². The number of nitrogens with two attached hydrogens (primary N) is 1. The molecule has 3 rings (SSSR count). The molecule has 0 aliphatic rings. The molecule has 1 aromatic carbocycles. The van der Waals surface area contributed by atoms with Crippen LogP contribution in [-0.4, -0.2) is 23.1 Å². The summed E-state index contributed by atoms with van der Waals surface area (Å²) in [6.07, 6.45) is 1.87. The normalized spacial score (nSPS) is 10.8. The van der Waals surface area contributed by atoms with Gasteiger partial charge < -0.3 is 15.2 Å². The number of imidazole rings is 1. The zero-order valence-electron chi connectivity index (χ0n) is 12.0. The maximum Gasteiger partial charge on any atom is 0.181 e. The third-order valence-corrected chi connectivity index (χ3v) is 3.29. The van der Waals surface area contributed by atoms with E-state index in [1.165, 1.54) is 0 Å². The van der Waals surface area contributed by atoms with Gasteiger partial charge in [-0.15, -0.1) is 0 Å². The van der Waals surface area contributed by atoms with Gasteiger partial charge >= 0.3 is 0 Å². The quantitative estimate of drug-likeness (QED) is 0.799. The van der Waals surface area contributed by atoms with Gasteiger partial charge in [-0.3, -0.25) is 4.40 Å². The van der Waals surface area contributed by atoms with Crippen LogP contribution in [0.3, 0.4) is 0 Å². The first kappa shape index (κ1) is 13.3. The molecule has 0 amide bonds. The lowest BCUT2D eigenvalue weighted by Crippen LogP contribution is -1.95. The molecule has 0 aliphatic heterocycles. The van der Waals surface area contributed by atoms with Crippen LogP contribution in [0.4, 0.5) is 5.82 Å². The zero-order chi connectivity index (χ0) is 14.8. The van der Waals surface area contributed by atoms with Crippen LogP contribution in [0.1, 0.15) is 6.92 Å². The zero-order valence-corrected chi connectivity index (χ0v) is 12.0. The molecular weight excluding hydrogens is 266 g/mol. The Hall–Kier alpha value is -2.69. The lowest BCUT2D eigenvalue weighted by molar-refractivity contribution is 0.340. The van der Waals surface area contributed by atoms with Gasteiger partial charge in [0, 0.05) is 11.8 Å². The molecule has 0 bridgehead atoms. The molecule has 0 aliphatic carbocycles. The monoisotopic (exact) mass is 283 g/mol. The fourth-order valence-corrected chi connectivity index (χ4v) is 2.33. The predicted octanol–water partition coefficient (Wildman–Crippen LogP) is 2.99. The second-order valence-corrected chi connectivity index (χ2v) is 4.58. The van der Waals surface area contributed by atoms with Crippen molar-refractivity contribution in [3.63, 3.8) is 0 Å². The van der Waals surface area contributed by atoms with Gasteiger partial charge in [-0.2, -0.15) is 0 Å². The summed E-state index contributed by atoms with van der Waals surface area (Å²) in [6.45, 7) is 2.58. The molecule has 3 aromatic rings. The topological polar surface area (TPSA) is 61.8 Å². The van der Waals surface area contributed by atoms with Crippen LogP contribution in [0.25, 0.3) is 16.9 Å². The maximum absolute atomic E-state index is 6.22. The molecule has 21 heavy (non-hydrogen) atoms. The van der Waals surface area contributed by atoms with Gasteiger partial charge in [0.1, 0.15) is 17.3 Å². The molecule has 0 fully saturated rings. The van der Waals surface area contributed by atoms with Crippen molar-refractivity contribution in [3.8, 4) is 22.8 Å². The van der Waals surface area contributed by atoms with Gasteiger partial charge in [-0.25, -0.2) is 4.98 Å². The van der Waals surface area contributed by atoms with Crippen LogP contribution in [0.5, 0.6) is 11.5 Å². The minimum absolute atomic E-state index is 0.581. The smallest absolute Gasteiger partial charge is 0.181 e. The Kier molecular flexibility index (Phi) is 3.39. The fraction of sp³-hybridized carbons (Fsp3) is 0.188. The van der Waals surface area contributed by atoms with Crippen molar-refractivity contribution < 1.29 is 9.47 Å². The fourth-order valence-electron chi connectivity index (χ4n) is 2.33. The van der Waals surface area contributed by atoms with Crippen molar-refractivity contribution in [1.82, 2.24) is 9.38 Å². The number of benzene rings is 1. The summed E-state index contributed by atoms with van der Waals surface area (Å²) >= 11 is 0. The molecule has 5 nitrogen and oxygen atoms in total. The van der Waals surface area contributed by atoms with Crippen molar-refractivity contribution in [3.05, 3.63) is 42.6 Å². The molecular formula is C16H17N3O2. The second-order valence-electron chi connectivity index (χ2n) is 4.58. The Morgan fingerprint density at radius 3 is 2.86 bits per heavy atom. The Morgan fingerprint density at radius 1 is 1.24 bits per heavy atom. The minimum atomic E-state index is 0.581. The first-order chi connectivity index (χ1) is 10.2. The number of methoxy groups -OCH3 is 1. The Balaban J connectivity index is 2.16. The summed E-state index contributed by atoms with van der Waals surface area (Å²) in [5.41, 5.74) is 8.57. The summed E-state index contributed by atoms with van der Waals surface area (Å²) in [6, 6.07) is 11.5. The molecule has 0 radical (unpaired) electrons. The lowest BCUT2D eigenvalue weighted by Gasteiger charge is -2.05. The number of nitrogens with zero attached hydrogens (tertiary/aromatic N) is 2. The van der Waals surface area contributed by atoms with E-state index >= 15 is 0 Å². The number of aromatic nitrogens is 2. The van der Waals surface area contributed by atoms with Crippen LogP contribution >= 0.6 is 0 Å². The molecule has 0 spiro atoms. The van der Waals surface area contributed by atoms with Gasteiger partial charge in [-0.1, -0.05) is 12.1 Å². The van der Waals surface area contributed by atoms with Gasteiger partial charge in [0.2, 0.25) is 0 Å². The third-order valence-electron chi connectivity index (χ3n) is 3.29. The van der Waals surface area contributed by atoms with Gasteiger partial charge in [0.25, 0.3) is 0 Å². The molecule has 5 heteroatoms. The molecule has 0 saturated heterocycles. The van der Waals surface area contributed by atoms with E-state index in [0.29, 0.717) is 23.8 Å². The molecule has 108 valence electrons. The largest absolute Gasteiger partial charge is 0.494 e. The molecule has 2 N–H and O–H groups in total. The number of hydrogen-bond donors (Lipinski definition) is 1. The second kappa shape index (κ2) is 5.36. The van der Waals surface area contributed by atoms with Crippen molar-refractivity contribution in [2.75, 3.05) is 19.5 Å². The van der Waals surface area contributed by atoms with Crippen molar-refractivity contribution in [2.24, 2.45) is 0 Å². The van der Waals surface area contributed by atoms with Crippen LogP contribution < -0.4 is 15.2 Å². The van der Waals surface area contributed by atoms with Crippen molar-refractivity contribution >= 4 is 11.5 Å². The molecule has 0 saturated carbocycles. The van der Waals surface area contributed by atoms with E-state index in [9.17, 15) is 0 Å². The summed E-state index contributed by atoms with van der Waals surface area (Å²) < 4.78 is 12.7. The predicted molar refractivity (Wildman–Crippen MR) is 82.8 cm³/mol. The summed E-state index contributed by atoms with van der Waals surface area (Å²) in [5.74, 6) is 2.08. The third kappa shape index (κ3) is 2.27. The standard InChI is InChI=1S/C16H17N3O2/c1-3-21-12-7-4-6-11(10-12)14-15(17)19-9-5-8-13(20-2)16(19)18-14/h4-10H,3,17H2,1-2H3. The van der Waals surface area contributed by atoms with Gasteiger partial charge in [0.05, 0.1) is 13.7 Å². The van der Waals surface area contributed by atoms with Crippen LogP contribution in [0.2, 0.25) is 0 Å². The van der Waals surface area contributed by atoms with Gasteiger partial charge in [-0.05, 0) is 31.2 Å². The summed E-state index contributed by atoms with van der Waals surface area (Å²) in [5, 5.41) is 0. The first-order valence-electron chi connectivity index (χ1n) is 6.78. The van der Waals surface area contributed by atoms with E-state index in [-0.39, 0.29) is 0 Å². The van der Waals surface area contributed by atoms with Crippen molar-refractivity contribution in [1.29, 1.82) is 0 Å². The number of anilines is 1. The van der Waals surface area contributed by atoms with E-state index in [1.54, 1.807) is 7.11 Å². The number of rotatable bonds is 4. The van der Waals surface area contributed by atoms with Crippen LogP contribution in [0, 0.1) is 0 Å². The maximum atomic E-state index is 6.22. The SMILES string of the molecule is CCOc1cccc(-c2nc3c(OC)cccn3c2N)c1. The summed E-state index contributed by atoms with van der Waals surface area (Å²) in [4.78, 5) is 4.61. The Labute approximate surface area is 122 Å². The number of pyridine rings is 1. The van der Waals surface area contributed by atoms with Crippen LogP contribution in [-0.2, 0) is 0 Å². The van der Waals surface area contributed by atoms with E-state index in [2.05, 4.69) is 4.98 Å². The minimum Gasteiger partial charge on any atom is -0.494 e. The molecule has 0 atom stereocenters. The van der Waals surface area contributed by atoms with E-state index in [4.69, 9.17) is 15.2 Å². The highest BCUT2D eigenvalue weighted by Gasteiger charge is 2.14. The Bertz CT molecular complexity index is 780. The average molecular weight is 283 g/mol. The van der Waals surface area contributed by atoms with E-state index < -0.39 is 0 Å².